The van der Waals surface area contributed by atoms with Gasteiger partial charge in [0.05, 0.1) is 16.2 Å². The summed E-state index contributed by atoms with van der Waals surface area (Å²) in [6, 6.07) is 15.2. The molecule has 25 heavy (non-hydrogen) atoms. The minimum Gasteiger partial charge on any atom is -0.477 e. The van der Waals surface area contributed by atoms with Gasteiger partial charge in [-0.25, -0.2) is 5.43 Å². The van der Waals surface area contributed by atoms with E-state index in [0.717, 1.165) is 5.56 Å². The lowest BCUT2D eigenvalue weighted by Crippen LogP contribution is -2.24. The Hall–Kier alpha value is -3.19. The Morgan fingerprint density at radius 1 is 1.20 bits per heavy atom. The first-order chi connectivity index (χ1) is 12.1. The smallest absolute Gasteiger partial charge is 0.310 e. The van der Waals surface area contributed by atoms with E-state index >= 15 is 0 Å². The zero-order valence-corrected chi connectivity index (χ0v) is 13.7. The van der Waals surface area contributed by atoms with Crippen molar-refractivity contribution in [1.82, 2.24) is 5.43 Å². The van der Waals surface area contributed by atoms with Crippen molar-refractivity contribution < 1.29 is 14.5 Å². The molecule has 0 saturated heterocycles. The maximum absolute atomic E-state index is 11.7. The molecule has 0 heterocycles. The standard InChI is InChI=1S/C17H14ClN3O4/c18-14(10-13-6-2-1-3-7-13)11-19-20-17(22)12-25-16-9-5-4-8-15(16)21(23)24/h1-11H,12H2,(H,20,22)/b14-10-,19-11-. The zero-order chi connectivity index (χ0) is 18.1. The molecular weight excluding hydrogens is 346 g/mol. The Bertz CT molecular complexity index is 807. The summed E-state index contributed by atoms with van der Waals surface area (Å²) in [7, 11) is 0. The number of rotatable bonds is 7. The van der Waals surface area contributed by atoms with Gasteiger partial charge in [-0.05, 0) is 17.7 Å². The van der Waals surface area contributed by atoms with Crippen molar-refractivity contribution in [3.05, 3.63) is 75.3 Å². The molecule has 0 atom stereocenters. The number of para-hydroxylation sites is 2. The quantitative estimate of drug-likeness (QED) is 0.466. The summed E-state index contributed by atoms with van der Waals surface area (Å²) in [6.07, 6.45) is 2.96. The first-order valence-corrected chi connectivity index (χ1v) is 7.54. The Kier molecular flexibility index (Phi) is 6.67. The molecule has 0 bridgehead atoms. The Morgan fingerprint density at radius 3 is 2.60 bits per heavy atom. The topological polar surface area (TPSA) is 93.8 Å². The highest BCUT2D eigenvalue weighted by Crippen LogP contribution is 2.25. The lowest BCUT2D eigenvalue weighted by molar-refractivity contribution is -0.385. The Morgan fingerprint density at radius 2 is 1.88 bits per heavy atom. The number of carbonyl (C=O) groups is 1. The largest absolute Gasteiger partial charge is 0.477 e. The van der Waals surface area contributed by atoms with Crippen LogP contribution in [0.3, 0.4) is 0 Å². The molecule has 128 valence electrons. The number of benzene rings is 2. The van der Waals surface area contributed by atoms with Gasteiger partial charge in [0.15, 0.2) is 12.4 Å². The highest BCUT2D eigenvalue weighted by molar-refractivity contribution is 6.41. The number of nitro benzene ring substituents is 1. The number of hydrogen-bond acceptors (Lipinski definition) is 5. The molecule has 0 fully saturated rings. The Balaban J connectivity index is 1.85. The minimum absolute atomic E-state index is 0.00800. The lowest BCUT2D eigenvalue weighted by atomic mass is 10.2. The van der Waals surface area contributed by atoms with Crippen LogP contribution in [0, 0.1) is 10.1 Å². The fourth-order valence-corrected chi connectivity index (χ4v) is 1.99. The lowest BCUT2D eigenvalue weighted by Gasteiger charge is -2.05. The summed E-state index contributed by atoms with van der Waals surface area (Å²) in [6.45, 7) is -0.414. The number of halogens is 1. The molecule has 0 aromatic heterocycles. The molecule has 2 aromatic rings. The summed E-state index contributed by atoms with van der Waals surface area (Å²) in [5.41, 5.74) is 2.91. The summed E-state index contributed by atoms with van der Waals surface area (Å²) in [4.78, 5) is 21.9. The average molecular weight is 360 g/mol. The van der Waals surface area contributed by atoms with Crippen LogP contribution in [-0.4, -0.2) is 23.7 Å². The van der Waals surface area contributed by atoms with Crippen LogP contribution < -0.4 is 10.2 Å². The first-order valence-electron chi connectivity index (χ1n) is 7.16. The van der Waals surface area contributed by atoms with Gasteiger partial charge in [-0.3, -0.25) is 14.9 Å². The normalized spacial score (nSPS) is 11.3. The molecule has 2 aromatic carbocycles. The second-order valence-corrected chi connectivity index (χ2v) is 5.18. The van der Waals surface area contributed by atoms with E-state index in [1.165, 1.54) is 24.4 Å². The maximum Gasteiger partial charge on any atom is 0.310 e. The van der Waals surface area contributed by atoms with Crippen molar-refractivity contribution in [2.24, 2.45) is 5.10 Å². The van der Waals surface area contributed by atoms with Crippen molar-refractivity contribution in [3.63, 3.8) is 0 Å². The van der Waals surface area contributed by atoms with Gasteiger partial charge < -0.3 is 4.74 Å². The third-order valence-electron chi connectivity index (χ3n) is 2.90. The van der Waals surface area contributed by atoms with Gasteiger partial charge in [0.2, 0.25) is 0 Å². The van der Waals surface area contributed by atoms with Gasteiger partial charge in [0, 0.05) is 6.07 Å². The van der Waals surface area contributed by atoms with E-state index in [1.807, 2.05) is 30.3 Å². The number of carbonyl (C=O) groups excluding carboxylic acids is 1. The summed E-state index contributed by atoms with van der Waals surface area (Å²) in [5.74, 6) is -0.563. The average Bonchev–Trinajstić information content (AvgIpc) is 2.61. The number of nitrogens with zero attached hydrogens (tertiary/aromatic N) is 2. The SMILES string of the molecule is O=C(COc1ccccc1[N+](=O)[O-])N/N=C\C(Cl)=C\c1ccccc1. The predicted molar refractivity (Wildman–Crippen MR) is 95.5 cm³/mol. The van der Waals surface area contributed by atoms with E-state index < -0.39 is 17.4 Å². The summed E-state index contributed by atoms with van der Waals surface area (Å²) in [5, 5.41) is 14.9. The van der Waals surface area contributed by atoms with E-state index in [0.29, 0.717) is 5.03 Å². The molecular formula is C17H14ClN3O4. The molecule has 7 nitrogen and oxygen atoms in total. The van der Waals surface area contributed by atoms with Gasteiger partial charge in [0.25, 0.3) is 5.91 Å². The van der Waals surface area contributed by atoms with E-state index in [-0.39, 0.29) is 11.4 Å². The molecule has 0 aliphatic carbocycles. The number of nitro groups is 1. The van der Waals surface area contributed by atoms with Gasteiger partial charge >= 0.3 is 5.69 Å². The van der Waals surface area contributed by atoms with E-state index in [1.54, 1.807) is 12.1 Å². The number of amides is 1. The molecule has 1 N–H and O–H groups in total. The third kappa shape index (κ3) is 6.08. The molecule has 0 spiro atoms. The molecule has 0 radical (unpaired) electrons. The fraction of sp³-hybridized carbons (Fsp3) is 0.0588. The monoisotopic (exact) mass is 359 g/mol. The number of hydrogen-bond donors (Lipinski definition) is 1. The summed E-state index contributed by atoms with van der Waals surface area (Å²) < 4.78 is 5.14. The summed E-state index contributed by atoms with van der Waals surface area (Å²) >= 11 is 5.98. The highest BCUT2D eigenvalue weighted by Gasteiger charge is 2.14. The molecule has 8 heteroatoms. The van der Waals surface area contributed by atoms with Crippen LogP contribution in [0.5, 0.6) is 5.75 Å². The van der Waals surface area contributed by atoms with Crippen LogP contribution in [0.25, 0.3) is 6.08 Å². The van der Waals surface area contributed by atoms with Crippen LogP contribution in [0.2, 0.25) is 0 Å². The number of allylic oxidation sites excluding steroid dienone is 1. The van der Waals surface area contributed by atoms with Crippen molar-refractivity contribution in [2.45, 2.75) is 0 Å². The molecule has 0 aliphatic rings. The van der Waals surface area contributed by atoms with Gasteiger partial charge in [-0.1, -0.05) is 54.1 Å². The predicted octanol–water partition coefficient (Wildman–Crippen LogP) is 3.36. The fourth-order valence-electron chi connectivity index (χ4n) is 1.82. The minimum atomic E-state index is -0.584. The molecule has 1 amide bonds. The number of hydrazone groups is 1. The molecule has 0 aliphatic heterocycles. The molecule has 2 rings (SSSR count). The van der Waals surface area contributed by atoms with Gasteiger partial charge in [-0.15, -0.1) is 0 Å². The van der Waals surface area contributed by atoms with E-state index in [2.05, 4.69) is 10.5 Å². The van der Waals surface area contributed by atoms with E-state index in [4.69, 9.17) is 16.3 Å². The van der Waals surface area contributed by atoms with Crippen molar-refractivity contribution in [1.29, 1.82) is 0 Å². The maximum atomic E-state index is 11.7. The number of ether oxygens (including phenoxy) is 1. The van der Waals surface area contributed by atoms with Crippen LogP contribution in [0.1, 0.15) is 5.56 Å². The number of nitrogens with one attached hydrogen (secondary N) is 1. The van der Waals surface area contributed by atoms with Gasteiger partial charge in [-0.2, -0.15) is 5.10 Å². The van der Waals surface area contributed by atoms with Crippen LogP contribution in [0.4, 0.5) is 5.69 Å². The van der Waals surface area contributed by atoms with Crippen molar-refractivity contribution in [2.75, 3.05) is 6.61 Å². The van der Waals surface area contributed by atoms with Crippen molar-refractivity contribution >= 4 is 35.5 Å². The van der Waals surface area contributed by atoms with Crippen LogP contribution in [0.15, 0.2) is 64.7 Å². The molecule has 0 saturated carbocycles. The van der Waals surface area contributed by atoms with Crippen LogP contribution in [-0.2, 0) is 4.79 Å². The second-order valence-electron chi connectivity index (χ2n) is 4.75. The zero-order valence-electron chi connectivity index (χ0n) is 13.0. The third-order valence-corrected chi connectivity index (χ3v) is 3.11. The first kappa shape index (κ1) is 18.2. The van der Waals surface area contributed by atoms with Crippen LogP contribution >= 0.6 is 11.6 Å². The van der Waals surface area contributed by atoms with E-state index in [9.17, 15) is 14.9 Å². The van der Waals surface area contributed by atoms with Crippen molar-refractivity contribution in [3.8, 4) is 5.75 Å². The van der Waals surface area contributed by atoms with Gasteiger partial charge in [0.1, 0.15) is 0 Å². The second kappa shape index (κ2) is 9.19. The highest BCUT2D eigenvalue weighted by atomic mass is 35.5. The Labute approximate surface area is 148 Å². The molecule has 0 unspecified atom stereocenters.